The molecule has 2 aromatic rings. The molecule has 0 aromatic heterocycles. The van der Waals surface area contributed by atoms with E-state index in [0.29, 0.717) is 17.3 Å². The van der Waals surface area contributed by atoms with Gasteiger partial charge in [-0.3, -0.25) is 4.79 Å². The third-order valence-electron chi connectivity index (χ3n) is 3.76. The molecule has 0 bridgehead atoms. The van der Waals surface area contributed by atoms with Gasteiger partial charge in [-0.1, -0.05) is 11.6 Å². The standard InChI is InChI=1S/C20H17ClF3NO4S/c1-12(18(11-25)29-19(26)8-9-30)27-14-3-5-15(6-4-14)28-17-7-2-13(10-16(17)21)20(22,23)24/h2-7,10,12,18,30H,8-9H2,1H3. The lowest BCUT2D eigenvalue weighted by molar-refractivity contribution is -0.149. The Morgan fingerprint density at radius 1 is 1.20 bits per heavy atom. The Bertz CT molecular complexity index is 916. The molecule has 5 nitrogen and oxygen atoms in total. The van der Waals surface area contributed by atoms with Gasteiger partial charge in [-0.05, 0) is 49.4 Å². The van der Waals surface area contributed by atoms with Crippen LogP contribution in [0.5, 0.6) is 17.2 Å². The second-order valence-corrected chi connectivity index (χ2v) is 6.91. The van der Waals surface area contributed by atoms with Crippen molar-refractivity contribution >= 4 is 30.2 Å². The zero-order valence-electron chi connectivity index (χ0n) is 15.6. The largest absolute Gasteiger partial charge is 0.486 e. The minimum Gasteiger partial charge on any atom is -0.486 e. The zero-order valence-corrected chi connectivity index (χ0v) is 17.3. The molecule has 2 rings (SSSR count). The quantitative estimate of drug-likeness (QED) is 0.406. The van der Waals surface area contributed by atoms with Crippen LogP contribution < -0.4 is 9.47 Å². The van der Waals surface area contributed by atoms with Crippen molar-refractivity contribution in [3.8, 4) is 23.3 Å². The molecule has 0 saturated heterocycles. The van der Waals surface area contributed by atoms with E-state index in [9.17, 15) is 18.0 Å². The van der Waals surface area contributed by atoms with Crippen molar-refractivity contribution in [2.75, 3.05) is 5.75 Å². The van der Waals surface area contributed by atoms with Crippen LogP contribution in [-0.2, 0) is 15.7 Å². The van der Waals surface area contributed by atoms with Crippen LogP contribution in [0.2, 0.25) is 5.02 Å². The van der Waals surface area contributed by atoms with Crippen molar-refractivity contribution in [1.29, 1.82) is 5.26 Å². The summed E-state index contributed by atoms with van der Waals surface area (Å²) in [5.41, 5.74) is -0.875. The second-order valence-electron chi connectivity index (χ2n) is 6.05. The summed E-state index contributed by atoms with van der Waals surface area (Å²) in [7, 11) is 0. The molecule has 0 fully saturated rings. The third kappa shape index (κ3) is 6.75. The number of hydrogen-bond acceptors (Lipinski definition) is 6. The van der Waals surface area contributed by atoms with Gasteiger partial charge >= 0.3 is 12.1 Å². The molecule has 10 heteroatoms. The highest BCUT2D eigenvalue weighted by Crippen LogP contribution is 2.36. The molecular weight excluding hydrogens is 443 g/mol. The van der Waals surface area contributed by atoms with Gasteiger partial charge in [0.2, 0.25) is 6.10 Å². The average molecular weight is 460 g/mol. The number of nitrogens with zero attached hydrogens (tertiary/aromatic N) is 1. The maximum atomic E-state index is 12.7. The van der Waals surface area contributed by atoms with E-state index in [1.807, 2.05) is 6.07 Å². The first-order valence-electron chi connectivity index (χ1n) is 8.65. The van der Waals surface area contributed by atoms with Crippen LogP contribution in [0.15, 0.2) is 42.5 Å². The third-order valence-corrected chi connectivity index (χ3v) is 4.28. The summed E-state index contributed by atoms with van der Waals surface area (Å²) in [6.45, 7) is 1.58. The van der Waals surface area contributed by atoms with Gasteiger partial charge in [0, 0.05) is 5.75 Å². The number of hydrogen-bond donors (Lipinski definition) is 1. The Morgan fingerprint density at radius 3 is 2.37 bits per heavy atom. The van der Waals surface area contributed by atoms with Crippen LogP contribution in [0.4, 0.5) is 13.2 Å². The summed E-state index contributed by atoms with van der Waals surface area (Å²) >= 11 is 9.80. The number of carbonyl (C=O) groups excluding carboxylic acids is 1. The predicted molar refractivity (Wildman–Crippen MR) is 107 cm³/mol. The number of ether oxygens (including phenoxy) is 3. The van der Waals surface area contributed by atoms with Crippen LogP contribution >= 0.6 is 24.2 Å². The van der Waals surface area contributed by atoms with Crippen molar-refractivity contribution in [3.05, 3.63) is 53.1 Å². The predicted octanol–water partition coefficient (Wildman–Crippen LogP) is 5.67. The Balaban J connectivity index is 2.01. The van der Waals surface area contributed by atoms with Gasteiger partial charge in [0.15, 0.2) is 0 Å². The number of carbonyl (C=O) groups is 1. The Labute approximate surface area is 181 Å². The maximum Gasteiger partial charge on any atom is 0.416 e. The summed E-state index contributed by atoms with van der Waals surface area (Å²) in [6.07, 6.45) is -6.26. The van der Waals surface area contributed by atoms with E-state index in [0.717, 1.165) is 18.2 Å². The van der Waals surface area contributed by atoms with Gasteiger partial charge < -0.3 is 14.2 Å². The SMILES string of the molecule is CC(Oc1ccc(Oc2ccc(C(F)(F)F)cc2Cl)cc1)C(C#N)OC(=O)CCS. The summed E-state index contributed by atoms with van der Waals surface area (Å²) in [5, 5.41) is 8.98. The number of benzene rings is 2. The molecule has 2 aromatic carbocycles. The summed E-state index contributed by atoms with van der Waals surface area (Å²) < 4.78 is 54.2. The van der Waals surface area contributed by atoms with Gasteiger partial charge in [-0.25, -0.2) is 0 Å². The van der Waals surface area contributed by atoms with Crippen molar-refractivity contribution in [2.24, 2.45) is 0 Å². The lowest BCUT2D eigenvalue weighted by atomic mass is 10.2. The number of esters is 1. The van der Waals surface area contributed by atoms with E-state index in [2.05, 4.69) is 12.6 Å². The minimum atomic E-state index is -4.50. The molecule has 2 atom stereocenters. The van der Waals surface area contributed by atoms with E-state index in [1.165, 1.54) is 24.3 Å². The van der Waals surface area contributed by atoms with Gasteiger partial charge in [0.05, 0.1) is 17.0 Å². The number of rotatable bonds is 8. The lowest BCUT2D eigenvalue weighted by Gasteiger charge is -2.20. The first kappa shape index (κ1) is 23.7. The van der Waals surface area contributed by atoms with E-state index < -0.39 is 29.9 Å². The first-order valence-corrected chi connectivity index (χ1v) is 9.66. The molecule has 0 amide bonds. The summed E-state index contributed by atoms with van der Waals surface area (Å²) in [5.74, 6) is 0.500. The highest BCUT2D eigenvalue weighted by molar-refractivity contribution is 7.80. The van der Waals surface area contributed by atoms with Crippen LogP contribution in [0.25, 0.3) is 0 Å². The molecule has 30 heavy (non-hydrogen) atoms. The van der Waals surface area contributed by atoms with Gasteiger partial charge in [-0.2, -0.15) is 31.1 Å². The molecule has 2 unspecified atom stereocenters. The Hall–Kier alpha value is -2.57. The van der Waals surface area contributed by atoms with E-state index in [1.54, 1.807) is 6.92 Å². The normalized spacial score (nSPS) is 13.1. The number of thiol groups is 1. The second kappa shape index (κ2) is 10.5. The fraction of sp³-hybridized carbons (Fsp3) is 0.300. The molecule has 0 aliphatic carbocycles. The average Bonchev–Trinajstić information content (AvgIpc) is 2.68. The van der Waals surface area contributed by atoms with Crippen LogP contribution in [0.3, 0.4) is 0 Å². The van der Waals surface area contributed by atoms with Gasteiger partial charge in [0.25, 0.3) is 0 Å². The van der Waals surface area contributed by atoms with Crippen LogP contribution in [-0.4, -0.2) is 23.9 Å². The molecular formula is C20H17ClF3NO4S. The van der Waals surface area contributed by atoms with Crippen molar-refractivity contribution in [3.63, 3.8) is 0 Å². The summed E-state index contributed by atoms with van der Waals surface area (Å²) in [4.78, 5) is 11.5. The number of alkyl halides is 3. The number of nitriles is 1. The van der Waals surface area contributed by atoms with Crippen molar-refractivity contribution in [2.45, 2.75) is 31.7 Å². The highest BCUT2D eigenvalue weighted by Gasteiger charge is 2.31. The first-order chi connectivity index (χ1) is 14.1. The van der Waals surface area contributed by atoms with Crippen LogP contribution in [0, 0.1) is 11.3 Å². The molecule has 0 heterocycles. The Morgan fingerprint density at radius 2 is 1.83 bits per heavy atom. The molecule has 160 valence electrons. The van der Waals surface area contributed by atoms with Crippen LogP contribution in [0.1, 0.15) is 18.9 Å². The number of halogens is 4. The Kier molecular flexibility index (Phi) is 8.26. The van der Waals surface area contributed by atoms with E-state index in [-0.39, 0.29) is 17.2 Å². The molecule has 0 aliphatic heterocycles. The topological polar surface area (TPSA) is 68.6 Å². The molecule has 0 radical (unpaired) electrons. The highest BCUT2D eigenvalue weighted by atomic mass is 35.5. The fourth-order valence-electron chi connectivity index (χ4n) is 2.27. The van der Waals surface area contributed by atoms with Crippen molar-refractivity contribution < 1.29 is 32.2 Å². The lowest BCUT2D eigenvalue weighted by Crippen LogP contribution is -2.32. The van der Waals surface area contributed by atoms with E-state index >= 15 is 0 Å². The fourth-order valence-corrected chi connectivity index (χ4v) is 2.67. The zero-order chi connectivity index (χ0) is 22.3. The van der Waals surface area contributed by atoms with Crippen molar-refractivity contribution in [1.82, 2.24) is 0 Å². The smallest absolute Gasteiger partial charge is 0.416 e. The minimum absolute atomic E-state index is 0.0624. The maximum absolute atomic E-state index is 12.7. The molecule has 0 aliphatic rings. The van der Waals surface area contributed by atoms with E-state index in [4.69, 9.17) is 31.1 Å². The van der Waals surface area contributed by atoms with Gasteiger partial charge in [0.1, 0.15) is 29.4 Å². The molecule has 0 saturated carbocycles. The summed E-state index contributed by atoms with van der Waals surface area (Å²) in [6, 6.07) is 10.8. The monoisotopic (exact) mass is 459 g/mol. The molecule has 0 N–H and O–H groups in total. The molecule has 0 spiro atoms. The van der Waals surface area contributed by atoms with Gasteiger partial charge in [-0.15, -0.1) is 0 Å².